The molecule has 0 aliphatic carbocycles. The first-order valence-electron chi connectivity index (χ1n) is 3.74. The topological polar surface area (TPSA) is 20.2 Å². The van der Waals surface area contributed by atoms with Gasteiger partial charge in [-0.05, 0) is 24.7 Å². The Morgan fingerprint density at radius 3 is 2.50 bits per heavy atom. The van der Waals surface area contributed by atoms with Crippen LogP contribution in [0, 0.1) is 0 Å². The number of aliphatic hydroxyl groups is 1. The smallest absolute Gasteiger partial charge is 0.101 e. The third kappa shape index (κ3) is 4.89. The summed E-state index contributed by atoms with van der Waals surface area (Å²) < 4.78 is 0. The maximum absolute atomic E-state index is 9.00. The van der Waals surface area contributed by atoms with Gasteiger partial charge in [-0.1, -0.05) is 31.7 Å². The van der Waals surface area contributed by atoms with Crippen molar-refractivity contribution in [3.8, 4) is 0 Å². The second-order valence-corrected chi connectivity index (χ2v) is 3.59. The Kier molecular flexibility index (Phi) is 5.84. The van der Waals surface area contributed by atoms with Crippen LogP contribution in [-0.4, -0.2) is 10.5 Å². The van der Waals surface area contributed by atoms with Gasteiger partial charge < -0.3 is 5.11 Å². The van der Waals surface area contributed by atoms with E-state index < -0.39 is 0 Å². The Morgan fingerprint density at radius 1 is 1.60 bits per heavy atom. The molecule has 0 spiro atoms. The number of hydrogen-bond acceptors (Lipinski definition) is 2. The molecule has 1 nitrogen and oxygen atoms in total. The van der Waals surface area contributed by atoms with Gasteiger partial charge in [0.05, 0.1) is 0 Å². The lowest BCUT2D eigenvalue weighted by atomic mass is 10.3. The Morgan fingerprint density at radius 2 is 2.20 bits per heavy atom. The highest BCUT2D eigenvalue weighted by atomic mass is 32.2. The van der Waals surface area contributed by atoms with Crippen molar-refractivity contribution in [3.63, 3.8) is 0 Å². The van der Waals surface area contributed by atoms with E-state index in [1.165, 1.54) is 4.91 Å². The number of aliphatic hydroxyl groups excluding tert-OH is 1. The minimum absolute atomic E-state index is 0.266. The second kappa shape index (κ2) is 5.81. The summed E-state index contributed by atoms with van der Waals surface area (Å²) in [6, 6.07) is 0. The van der Waals surface area contributed by atoms with Crippen LogP contribution in [0.15, 0.2) is 11.0 Å². The van der Waals surface area contributed by atoms with E-state index in [4.69, 9.17) is 5.11 Å². The van der Waals surface area contributed by atoms with Crippen LogP contribution in [0.25, 0.3) is 0 Å². The molecule has 0 heterocycles. The van der Waals surface area contributed by atoms with Crippen LogP contribution in [0.1, 0.15) is 33.6 Å². The zero-order chi connectivity index (χ0) is 7.98. The van der Waals surface area contributed by atoms with E-state index in [0.29, 0.717) is 0 Å². The molecule has 0 amide bonds. The molecule has 0 saturated heterocycles. The summed E-state index contributed by atoms with van der Waals surface area (Å²) >= 11 is 1.54. The third-order valence-corrected chi connectivity index (χ3v) is 2.20. The minimum Gasteiger partial charge on any atom is -0.382 e. The normalized spacial score (nSPS) is 15.4. The average molecular weight is 160 g/mol. The van der Waals surface area contributed by atoms with Crippen LogP contribution >= 0.6 is 11.8 Å². The lowest BCUT2D eigenvalue weighted by Gasteiger charge is -2.05. The molecule has 0 aromatic rings. The maximum Gasteiger partial charge on any atom is 0.101 e. The second-order valence-electron chi connectivity index (χ2n) is 2.15. The van der Waals surface area contributed by atoms with Gasteiger partial charge in [-0.3, -0.25) is 0 Å². The summed E-state index contributed by atoms with van der Waals surface area (Å²) in [4.78, 5) is 1.29. The molecule has 0 saturated carbocycles. The van der Waals surface area contributed by atoms with Gasteiger partial charge in [0.25, 0.3) is 0 Å². The molecule has 0 aliphatic heterocycles. The summed E-state index contributed by atoms with van der Waals surface area (Å²) in [6.07, 6.45) is 4.25. The predicted molar refractivity (Wildman–Crippen MR) is 47.9 cm³/mol. The lowest BCUT2D eigenvalue weighted by Crippen LogP contribution is -1.91. The van der Waals surface area contributed by atoms with Crippen LogP contribution in [0.2, 0.25) is 0 Å². The number of thioether (sulfide) groups is 1. The highest BCUT2D eigenvalue weighted by Crippen LogP contribution is 2.22. The highest BCUT2D eigenvalue weighted by molar-refractivity contribution is 8.03. The monoisotopic (exact) mass is 160 g/mol. The molecule has 60 valence electrons. The van der Waals surface area contributed by atoms with Gasteiger partial charge in [-0.15, -0.1) is 0 Å². The first kappa shape index (κ1) is 10.0. The Balaban J connectivity index is 3.71. The molecule has 0 bridgehead atoms. The van der Waals surface area contributed by atoms with Crippen molar-refractivity contribution in [1.29, 1.82) is 0 Å². The number of allylic oxidation sites excluding steroid dienone is 2. The van der Waals surface area contributed by atoms with E-state index >= 15 is 0 Å². The summed E-state index contributed by atoms with van der Waals surface area (Å²) in [5, 5.41) is 9.00. The quantitative estimate of drug-likeness (QED) is 0.638. The predicted octanol–water partition coefficient (Wildman–Crippen LogP) is 2.76. The fraction of sp³-hybridized carbons (Fsp3) is 0.750. The molecule has 0 fully saturated rings. The molecular formula is C8H16OS. The van der Waals surface area contributed by atoms with Gasteiger partial charge in [-0.25, -0.2) is 0 Å². The SMILES string of the molecule is CCC=C(CC)SC(C)O. The molecule has 0 rings (SSSR count). The summed E-state index contributed by atoms with van der Waals surface area (Å²) in [7, 11) is 0. The van der Waals surface area contributed by atoms with Crippen molar-refractivity contribution in [2.75, 3.05) is 0 Å². The van der Waals surface area contributed by atoms with Crippen LogP contribution in [0.5, 0.6) is 0 Å². The van der Waals surface area contributed by atoms with Crippen molar-refractivity contribution in [2.45, 2.75) is 39.0 Å². The van der Waals surface area contributed by atoms with Gasteiger partial charge in [-0.2, -0.15) is 0 Å². The summed E-state index contributed by atoms with van der Waals surface area (Å²) in [5.74, 6) is 0. The molecule has 1 N–H and O–H groups in total. The third-order valence-electron chi connectivity index (χ3n) is 1.10. The van der Waals surface area contributed by atoms with Crippen LogP contribution in [-0.2, 0) is 0 Å². The van der Waals surface area contributed by atoms with E-state index in [-0.39, 0.29) is 5.44 Å². The molecule has 0 aliphatic rings. The molecule has 2 heteroatoms. The van der Waals surface area contributed by atoms with Gasteiger partial charge in [0.15, 0.2) is 0 Å². The van der Waals surface area contributed by atoms with E-state index in [9.17, 15) is 0 Å². The van der Waals surface area contributed by atoms with Gasteiger partial charge in [0.2, 0.25) is 0 Å². The van der Waals surface area contributed by atoms with E-state index in [2.05, 4.69) is 19.9 Å². The van der Waals surface area contributed by atoms with Crippen LogP contribution in [0.3, 0.4) is 0 Å². The molecule has 0 aromatic carbocycles. The van der Waals surface area contributed by atoms with E-state index in [1.807, 2.05) is 0 Å². The highest BCUT2D eigenvalue weighted by Gasteiger charge is 1.98. The molecule has 10 heavy (non-hydrogen) atoms. The first-order chi connectivity index (χ1) is 4.70. The lowest BCUT2D eigenvalue weighted by molar-refractivity contribution is 0.284. The Hall–Kier alpha value is 0.0500. The average Bonchev–Trinajstić information content (AvgIpc) is 1.86. The standard InChI is InChI=1S/C8H16OS/c1-4-6-8(5-2)10-7(3)9/h6-7,9H,4-5H2,1-3H3. The maximum atomic E-state index is 9.00. The molecule has 0 radical (unpaired) electrons. The molecule has 0 aromatic heterocycles. The fourth-order valence-corrected chi connectivity index (χ4v) is 1.59. The zero-order valence-electron chi connectivity index (χ0n) is 6.92. The van der Waals surface area contributed by atoms with Crippen molar-refractivity contribution in [2.24, 2.45) is 0 Å². The van der Waals surface area contributed by atoms with Crippen molar-refractivity contribution >= 4 is 11.8 Å². The van der Waals surface area contributed by atoms with Crippen molar-refractivity contribution < 1.29 is 5.11 Å². The first-order valence-corrected chi connectivity index (χ1v) is 4.62. The molecule has 1 unspecified atom stereocenters. The Labute approximate surface area is 67.5 Å². The summed E-state index contributed by atoms with van der Waals surface area (Å²) in [5.41, 5.74) is -0.266. The largest absolute Gasteiger partial charge is 0.382 e. The summed E-state index contributed by atoms with van der Waals surface area (Å²) in [6.45, 7) is 6.01. The Bertz CT molecular complexity index is 108. The number of hydrogen-bond donors (Lipinski definition) is 1. The van der Waals surface area contributed by atoms with E-state index in [0.717, 1.165) is 12.8 Å². The van der Waals surface area contributed by atoms with Crippen LogP contribution in [0.4, 0.5) is 0 Å². The van der Waals surface area contributed by atoms with Crippen LogP contribution < -0.4 is 0 Å². The van der Waals surface area contributed by atoms with Crippen molar-refractivity contribution in [3.05, 3.63) is 11.0 Å². The minimum atomic E-state index is -0.266. The number of rotatable bonds is 4. The van der Waals surface area contributed by atoms with Crippen molar-refractivity contribution in [1.82, 2.24) is 0 Å². The van der Waals surface area contributed by atoms with Gasteiger partial charge in [0, 0.05) is 0 Å². The zero-order valence-corrected chi connectivity index (χ0v) is 7.74. The molecular weight excluding hydrogens is 144 g/mol. The fourth-order valence-electron chi connectivity index (χ4n) is 0.723. The molecule has 1 atom stereocenters. The van der Waals surface area contributed by atoms with Gasteiger partial charge >= 0.3 is 0 Å². The van der Waals surface area contributed by atoms with Gasteiger partial charge in [0.1, 0.15) is 5.44 Å². The van der Waals surface area contributed by atoms with E-state index in [1.54, 1.807) is 18.7 Å².